The average Bonchev–Trinajstić information content (AvgIpc) is 2.59. The summed E-state index contributed by atoms with van der Waals surface area (Å²) in [5, 5.41) is 3.08. The predicted octanol–water partition coefficient (Wildman–Crippen LogP) is 1.98. The third-order valence-electron chi connectivity index (χ3n) is 2.34. The van der Waals surface area contributed by atoms with Gasteiger partial charge in [-0.05, 0) is 18.1 Å². The molecule has 14 heavy (non-hydrogen) atoms. The number of alkyl halides is 2. The number of rotatable bonds is 0. The highest BCUT2D eigenvalue weighted by Crippen LogP contribution is 2.44. The zero-order valence-electron chi connectivity index (χ0n) is 7.14. The van der Waals surface area contributed by atoms with Crippen LogP contribution in [0.3, 0.4) is 0 Å². The third-order valence-corrected chi connectivity index (χ3v) is 2.34. The van der Waals surface area contributed by atoms with Crippen molar-refractivity contribution >= 4 is 5.69 Å². The molecule has 1 aromatic carbocycles. The van der Waals surface area contributed by atoms with Crippen molar-refractivity contribution < 1.29 is 18.3 Å². The maximum Gasteiger partial charge on any atom is 0.586 e. The highest BCUT2D eigenvalue weighted by Gasteiger charge is 2.44. The van der Waals surface area contributed by atoms with Gasteiger partial charge in [0.1, 0.15) is 0 Å². The number of halogens is 2. The van der Waals surface area contributed by atoms with Crippen molar-refractivity contribution in [1.29, 1.82) is 0 Å². The van der Waals surface area contributed by atoms with E-state index in [1.165, 1.54) is 0 Å². The quantitative estimate of drug-likeness (QED) is 0.693. The van der Waals surface area contributed by atoms with E-state index in [1.54, 1.807) is 12.1 Å². The van der Waals surface area contributed by atoms with Gasteiger partial charge < -0.3 is 14.8 Å². The Morgan fingerprint density at radius 1 is 1.21 bits per heavy atom. The molecule has 1 N–H and O–H groups in total. The lowest BCUT2D eigenvalue weighted by atomic mass is 10.1. The highest BCUT2D eigenvalue weighted by atomic mass is 19.3. The maximum atomic E-state index is 12.7. The van der Waals surface area contributed by atoms with Gasteiger partial charge in [-0.2, -0.15) is 0 Å². The first-order chi connectivity index (χ1) is 6.64. The van der Waals surface area contributed by atoms with E-state index in [9.17, 15) is 8.78 Å². The van der Waals surface area contributed by atoms with Gasteiger partial charge in [-0.25, -0.2) is 0 Å². The molecule has 0 atom stereocenters. The lowest BCUT2D eigenvalue weighted by molar-refractivity contribution is -0.286. The number of hydrogen-bond donors (Lipinski definition) is 1. The smallest absolute Gasteiger partial charge is 0.395 e. The summed E-state index contributed by atoms with van der Waals surface area (Å²) in [6.07, 6.45) is -2.69. The van der Waals surface area contributed by atoms with Gasteiger partial charge in [0.05, 0.1) is 0 Å². The summed E-state index contributed by atoms with van der Waals surface area (Å²) in [4.78, 5) is 0. The van der Waals surface area contributed by atoms with Gasteiger partial charge in [-0.15, -0.1) is 8.78 Å². The van der Waals surface area contributed by atoms with Crippen molar-refractivity contribution in [2.24, 2.45) is 0 Å². The van der Waals surface area contributed by atoms with E-state index in [1.807, 2.05) is 0 Å². The molecule has 0 bridgehead atoms. The van der Waals surface area contributed by atoms with E-state index < -0.39 is 6.29 Å². The molecule has 2 aliphatic heterocycles. The van der Waals surface area contributed by atoms with E-state index >= 15 is 0 Å². The Bertz CT molecular complexity index is 371. The molecular formula is C9H7F2NO2. The SMILES string of the molecule is FC1(F)Oc2cc3c(cc2O1)NCC3. The molecule has 3 rings (SSSR count). The van der Waals surface area contributed by atoms with Gasteiger partial charge in [0.25, 0.3) is 0 Å². The zero-order chi connectivity index (χ0) is 9.76. The van der Waals surface area contributed by atoms with Crippen LogP contribution in [0.25, 0.3) is 0 Å². The second-order valence-corrected chi connectivity index (χ2v) is 3.30. The second-order valence-electron chi connectivity index (χ2n) is 3.30. The lowest BCUT2D eigenvalue weighted by Gasteiger charge is -2.04. The molecule has 0 aliphatic carbocycles. The van der Waals surface area contributed by atoms with Crippen LogP contribution in [0.15, 0.2) is 12.1 Å². The van der Waals surface area contributed by atoms with Crippen molar-refractivity contribution in [2.75, 3.05) is 11.9 Å². The molecule has 0 radical (unpaired) electrons. The Balaban J connectivity index is 2.08. The summed E-state index contributed by atoms with van der Waals surface area (Å²) in [6.45, 7) is 0.828. The highest BCUT2D eigenvalue weighted by molar-refractivity contribution is 5.64. The molecule has 0 aromatic heterocycles. The Kier molecular flexibility index (Phi) is 1.28. The van der Waals surface area contributed by atoms with Gasteiger partial charge in [0.2, 0.25) is 0 Å². The molecule has 0 unspecified atom stereocenters. The Morgan fingerprint density at radius 2 is 1.93 bits per heavy atom. The Hall–Kier alpha value is -1.52. The van der Waals surface area contributed by atoms with E-state index in [4.69, 9.17) is 0 Å². The molecule has 0 saturated carbocycles. The second kappa shape index (κ2) is 2.29. The number of anilines is 1. The molecule has 2 heterocycles. The van der Waals surface area contributed by atoms with Gasteiger partial charge >= 0.3 is 6.29 Å². The predicted molar refractivity (Wildman–Crippen MR) is 44.8 cm³/mol. The average molecular weight is 199 g/mol. The van der Waals surface area contributed by atoms with Crippen LogP contribution >= 0.6 is 0 Å². The molecule has 0 spiro atoms. The van der Waals surface area contributed by atoms with Crippen molar-refractivity contribution in [2.45, 2.75) is 12.7 Å². The Morgan fingerprint density at radius 3 is 2.71 bits per heavy atom. The number of benzene rings is 1. The van der Waals surface area contributed by atoms with E-state index in [0.29, 0.717) is 0 Å². The summed E-state index contributed by atoms with van der Waals surface area (Å²) in [5.74, 6) is 0.223. The topological polar surface area (TPSA) is 30.5 Å². The molecule has 1 aromatic rings. The number of ether oxygens (including phenoxy) is 2. The van der Waals surface area contributed by atoms with Gasteiger partial charge in [0, 0.05) is 18.3 Å². The first kappa shape index (κ1) is 7.84. The molecule has 0 saturated heterocycles. The van der Waals surface area contributed by atoms with Crippen molar-refractivity contribution in [3.8, 4) is 11.5 Å². The summed E-state index contributed by atoms with van der Waals surface area (Å²) in [6, 6.07) is 3.16. The van der Waals surface area contributed by atoms with Gasteiger partial charge in [0.15, 0.2) is 11.5 Å². The first-order valence-corrected chi connectivity index (χ1v) is 4.31. The molecule has 0 amide bonds. The van der Waals surface area contributed by atoms with Crippen LogP contribution in [0.2, 0.25) is 0 Å². The van der Waals surface area contributed by atoms with Crippen LogP contribution in [0.5, 0.6) is 11.5 Å². The van der Waals surface area contributed by atoms with Crippen molar-refractivity contribution in [3.05, 3.63) is 17.7 Å². The summed E-state index contributed by atoms with van der Waals surface area (Å²) in [5.41, 5.74) is 1.84. The molecule has 3 nitrogen and oxygen atoms in total. The normalized spacial score (nSPS) is 20.4. The number of nitrogens with one attached hydrogen (secondary N) is 1. The third kappa shape index (κ3) is 1.01. The van der Waals surface area contributed by atoms with Gasteiger partial charge in [-0.1, -0.05) is 0 Å². The summed E-state index contributed by atoms with van der Waals surface area (Å²) in [7, 11) is 0. The largest absolute Gasteiger partial charge is 0.586 e. The van der Waals surface area contributed by atoms with Crippen LogP contribution < -0.4 is 14.8 Å². The van der Waals surface area contributed by atoms with Crippen LogP contribution in [-0.4, -0.2) is 12.8 Å². The monoisotopic (exact) mass is 199 g/mol. The number of fused-ring (bicyclic) bond motifs is 2. The van der Waals surface area contributed by atoms with E-state index in [2.05, 4.69) is 14.8 Å². The number of hydrogen-bond acceptors (Lipinski definition) is 3. The summed E-state index contributed by atoms with van der Waals surface area (Å²) < 4.78 is 34.0. The van der Waals surface area contributed by atoms with E-state index in [-0.39, 0.29) is 11.5 Å². The van der Waals surface area contributed by atoms with Crippen molar-refractivity contribution in [1.82, 2.24) is 0 Å². The standard InChI is InChI=1S/C9H7F2NO2/c10-9(11)13-7-3-5-1-2-12-6(5)4-8(7)14-9/h3-4,12H,1-2H2. The molecular weight excluding hydrogens is 192 g/mol. The Labute approximate surface area is 78.6 Å². The van der Waals surface area contributed by atoms with Crippen LogP contribution in [0.4, 0.5) is 14.5 Å². The first-order valence-electron chi connectivity index (χ1n) is 4.31. The molecule has 5 heteroatoms. The minimum atomic E-state index is -3.52. The van der Waals surface area contributed by atoms with Crippen molar-refractivity contribution in [3.63, 3.8) is 0 Å². The molecule has 0 fully saturated rings. The molecule has 2 aliphatic rings. The van der Waals surface area contributed by atoms with Crippen LogP contribution in [0, 0.1) is 0 Å². The van der Waals surface area contributed by atoms with Crippen LogP contribution in [-0.2, 0) is 6.42 Å². The molecule has 74 valence electrons. The maximum absolute atomic E-state index is 12.7. The fourth-order valence-corrected chi connectivity index (χ4v) is 1.74. The summed E-state index contributed by atoms with van der Waals surface area (Å²) >= 11 is 0. The van der Waals surface area contributed by atoms with Crippen LogP contribution in [0.1, 0.15) is 5.56 Å². The minimum absolute atomic E-state index is 0.100. The van der Waals surface area contributed by atoms with Gasteiger partial charge in [-0.3, -0.25) is 0 Å². The minimum Gasteiger partial charge on any atom is -0.395 e. The zero-order valence-corrected chi connectivity index (χ0v) is 7.14. The van der Waals surface area contributed by atoms with E-state index in [0.717, 1.165) is 24.2 Å². The fraction of sp³-hybridized carbons (Fsp3) is 0.333. The lowest BCUT2D eigenvalue weighted by Crippen LogP contribution is -2.25. The fourth-order valence-electron chi connectivity index (χ4n) is 1.74.